The predicted octanol–water partition coefficient (Wildman–Crippen LogP) is 4.53. The van der Waals surface area contributed by atoms with Crippen molar-refractivity contribution in [2.75, 3.05) is 13.1 Å². The van der Waals surface area contributed by atoms with Crippen molar-refractivity contribution in [3.05, 3.63) is 29.8 Å². The van der Waals surface area contributed by atoms with Crippen molar-refractivity contribution < 1.29 is 14.1 Å². The summed E-state index contributed by atoms with van der Waals surface area (Å²) in [5.41, 5.74) is 2.50. The molecule has 1 amide bonds. The highest BCUT2D eigenvalue weighted by atomic mass is 16.6. The number of likely N-dealkylation sites (tertiary alicyclic amines) is 1. The SMILES string of the molecule is CCn1nc2cc(-c3noc(C4CCN(C(=O)OC(C)(C)C)CC4)n3)ccc2c1C. The van der Waals surface area contributed by atoms with Crippen molar-refractivity contribution in [1.82, 2.24) is 24.8 Å². The molecule has 1 aromatic carbocycles. The molecule has 2 aromatic heterocycles. The van der Waals surface area contributed by atoms with Gasteiger partial charge in [-0.1, -0.05) is 17.3 Å². The molecule has 1 saturated heterocycles. The van der Waals surface area contributed by atoms with Gasteiger partial charge < -0.3 is 14.2 Å². The molecule has 1 aliphatic heterocycles. The minimum Gasteiger partial charge on any atom is -0.444 e. The third kappa shape index (κ3) is 4.04. The van der Waals surface area contributed by atoms with E-state index in [1.165, 1.54) is 0 Å². The van der Waals surface area contributed by atoms with Gasteiger partial charge in [-0.2, -0.15) is 10.1 Å². The molecule has 0 unspecified atom stereocenters. The van der Waals surface area contributed by atoms with E-state index in [1.807, 2.05) is 37.6 Å². The maximum absolute atomic E-state index is 12.2. The first-order chi connectivity index (χ1) is 14.2. The van der Waals surface area contributed by atoms with E-state index in [9.17, 15) is 4.79 Å². The van der Waals surface area contributed by atoms with Gasteiger partial charge in [0.15, 0.2) is 0 Å². The number of amides is 1. The standard InChI is InChI=1S/C22H29N5O3/c1-6-27-14(2)17-8-7-16(13-18(17)24-27)19-23-20(30-25-19)15-9-11-26(12-10-15)21(28)29-22(3,4)5/h7-8,13,15H,6,9-12H2,1-5H3. The Hall–Kier alpha value is -2.90. The van der Waals surface area contributed by atoms with Crippen LogP contribution in [0.25, 0.3) is 22.3 Å². The molecule has 0 aliphatic carbocycles. The molecule has 0 spiro atoms. The number of ether oxygens (including phenoxy) is 1. The number of hydrogen-bond donors (Lipinski definition) is 0. The molecule has 30 heavy (non-hydrogen) atoms. The third-order valence-electron chi connectivity index (χ3n) is 5.50. The van der Waals surface area contributed by atoms with Crippen molar-refractivity contribution in [3.63, 3.8) is 0 Å². The Morgan fingerprint density at radius 1 is 1.27 bits per heavy atom. The lowest BCUT2D eigenvalue weighted by Gasteiger charge is -2.32. The predicted molar refractivity (Wildman–Crippen MR) is 113 cm³/mol. The van der Waals surface area contributed by atoms with E-state index in [1.54, 1.807) is 4.90 Å². The van der Waals surface area contributed by atoms with Crippen molar-refractivity contribution in [3.8, 4) is 11.4 Å². The summed E-state index contributed by atoms with van der Waals surface area (Å²) in [5.74, 6) is 1.35. The zero-order valence-electron chi connectivity index (χ0n) is 18.3. The Balaban J connectivity index is 1.45. The highest BCUT2D eigenvalue weighted by Crippen LogP contribution is 2.30. The highest BCUT2D eigenvalue weighted by Gasteiger charge is 2.30. The average Bonchev–Trinajstić information content (AvgIpc) is 3.31. The lowest BCUT2D eigenvalue weighted by molar-refractivity contribution is 0.0198. The zero-order valence-corrected chi connectivity index (χ0v) is 18.3. The molecular weight excluding hydrogens is 382 g/mol. The van der Waals surface area contributed by atoms with Gasteiger partial charge in [0.1, 0.15) is 5.60 Å². The second-order valence-electron chi connectivity index (χ2n) is 8.83. The molecule has 1 fully saturated rings. The summed E-state index contributed by atoms with van der Waals surface area (Å²) in [7, 11) is 0. The Kier molecular flexibility index (Phi) is 5.26. The van der Waals surface area contributed by atoms with Gasteiger partial charge in [0.25, 0.3) is 0 Å². The van der Waals surface area contributed by atoms with Crippen molar-refractivity contribution >= 4 is 17.0 Å². The van der Waals surface area contributed by atoms with Gasteiger partial charge in [-0.05, 0) is 53.5 Å². The van der Waals surface area contributed by atoms with Crippen LogP contribution in [0.2, 0.25) is 0 Å². The Labute approximate surface area is 176 Å². The van der Waals surface area contributed by atoms with Crippen LogP contribution in [0, 0.1) is 6.92 Å². The number of aromatic nitrogens is 4. The number of hydrogen-bond acceptors (Lipinski definition) is 6. The minimum atomic E-state index is -0.484. The van der Waals surface area contributed by atoms with Crippen LogP contribution < -0.4 is 0 Å². The van der Waals surface area contributed by atoms with Crippen LogP contribution in [0.3, 0.4) is 0 Å². The van der Waals surface area contributed by atoms with E-state index in [0.717, 1.165) is 41.5 Å². The van der Waals surface area contributed by atoms with Crippen LogP contribution in [0.5, 0.6) is 0 Å². The summed E-state index contributed by atoms with van der Waals surface area (Å²) in [6.45, 7) is 11.9. The number of rotatable bonds is 3. The van der Waals surface area contributed by atoms with E-state index in [0.29, 0.717) is 24.8 Å². The van der Waals surface area contributed by atoms with Crippen molar-refractivity contribution in [2.24, 2.45) is 0 Å². The van der Waals surface area contributed by atoms with Gasteiger partial charge >= 0.3 is 6.09 Å². The molecule has 3 heterocycles. The molecule has 1 aliphatic rings. The molecule has 8 nitrogen and oxygen atoms in total. The second-order valence-corrected chi connectivity index (χ2v) is 8.83. The summed E-state index contributed by atoms with van der Waals surface area (Å²) in [4.78, 5) is 18.6. The maximum Gasteiger partial charge on any atom is 0.410 e. The fourth-order valence-corrected chi connectivity index (χ4v) is 3.87. The molecule has 4 rings (SSSR count). The molecule has 0 radical (unpaired) electrons. The van der Waals surface area contributed by atoms with Gasteiger partial charge in [0.05, 0.1) is 5.52 Å². The van der Waals surface area contributed by atoms with Gasteiger partial charge in [-0.15, -0.1) is 0 Å². The number of nitrogens with zero attached hydrogens (tertiary/aromatic N) is 5. The van der Waals surface area contributed by atoms with E-state index in [-0.39, 0.29) is 12.0 Å². The molecule has 0 atom stereocenters. The van der Waals surface area contributed by atoms with E-state index in [4.69, 9.17) is 9.26 Å². The van der Waals surface area contributed by atoms with E-state index >= 15 is 0 Å². The van der Waals surface area contributed by atoms with Gasteiger partial charge in [0, 0.05) is 42.2 Å². The number of piperidine rings is 1. The monoisotopic (exact) mass is 411 g/mol. The Morgan fingerprint density at radius 2 is 2.00 bits per heavy atom. The molecule has 0 bridgehead atoms. The van der Waals surface area contributed by atoms with Crippen LogP contribution in [0.4, 0.5) is 4.79 Å². The first kappa shape index (κ1) is 20.4. The third-order valence-corrected chi connectivity index (χ3v) is 5.50. The van der Waals surface area contributed by atoms with Gasteiger partial charge in [0.2, 0.25) is 11.7 Å². The summed E-state index contributed by atoms with van der Waals surface area (Å²) < 4.78 is 13.0. The van der Waals surface area contributed by atoms with Gasteiger partial charge in [-0.25, -0.2) is 4.79 Å². The zero-order chi connectivity index (χ0) is 21.5. The normalized spacial score (nSPS) is 15.7. The van der Waals surface area contributed by atoms with Crippen molar-refractivity contribution in [2.45, 2.75) is 65.5 Å². The molecule has 8 heteroatoms. The fourth-order valence-electron chi connectivity index (χ4n) is 3.87. The molecular formula is C22H29N5O3. The summed E-state index contributed by atoms with van der Waals surface area (Å²) in [6.07, 6.45) is 1.29. The van der Waals surface area contributed by atoms with Crippen LogP contribution in [-0.2, 0) is 11.3 Å². The molecule has 0 saturated carbocycles. The quantitative estimate of drug-likeness (QED) is 0.629. The largest absolute Gasteiger partial charge is 0.444 e. The average molecular weight is 412 g/mol. The lowest BCUT2D eigenvalue weighted by atomic mass is 9.97. The van der Waals surface area contributed by atoms with Crippen LogP contribution in [-0.4, -0.2) is 49.6 Å². The first-order valence-electron chi connectivity index (χ1n) is 10.5. The number of carbonyl (C=O) groups is 1. The topological polar surface area (TPSA) is 86.3 Å². The van der Waals surface area contributed by atoms with E-state index in [2.05, 4.69) is 35.2 Å². The molecule has 0 N–H and O–H groups in total. The number of carbonyl (C=O) groups excluding carboxylic acids is 1. The highest BCUT2D eigenvalue weighted by molar-refractivity contribution is 5.85. The maximum atomic E-state index is 12.2. The van der Waals surface area contributed by atoms with E-state index < -0.39 is 5.60 Å². The number of fused-ring (bicyclic) bond motifs is 1. The van der Waals surface area contributed by atoms with Crippen molar-refractivity contribution in [1.29, 1.82) is 0 Å². The first-order valence-corrected chi connectivity index (χ1v) is 10.5. The second kappa shape index (κ2) is 7.74. The molecule has 3 aromatic rings. The van der Waals surface area contributed by atoms with Crippen LogP contribution in [0.1, 0.15) is 58.0 Å². The smallest absolute Gasteiger partial charge is 0.410 e. The number of benzene rings is 1. The summed E-state index contributed by atoms with van der Waals surface area (Å²) in [6, 6.07) is 6.08. The van der Waals surface area contributed by atoms with Gasteiger partial charge in [-0.3, -0.25) is 4.68 Å². The Bertz CT molecular complexity index is 1050. The fraction of sp³-hybridized carbons (Fsp3) is 0.545. The number of aryl methyl sites for hydroxylation is 2. The summed E-state index contributed by atoms with van der Waals surface area (Å²) in [5, 5.41) is 9.98. The summed E-state index contributed by atoms with van der Waals surface area (Å²) >= 11 is 0. The minimum absolute atomic E-state index is 0.148. The molecule has 160 valence electrons. The van der Waals surface area contributed by atoms with Crippen LogP contribution in [0.15, 0.2) is 22.7 Å². The van der Waals surface area contributed by atoms with Crippen LogP contribution >= 0.6 is 0 Å². The lowest BCUT2D eigenvalue weighted by Crippen LogP contribution is -2.41. The Morgan fingerprint density at radius 3 is 2.67 bits per heavy atom.